The first kappa shape index (κ1) is 15.4. The fourth-order valence-electron chi connectivity index (χ4n) is 2.54. The van der Waals surface area contributed by atoms with Crippen LogP contribution in [0.3, 0.4) is 0 Å². The van der Waals surface area contributed by atoms with Crippen molar-refractivity contribution in [2.75, 3.05) is 18.4 Å². The van der Waals surface area contributed by atoms with Crippen LogP contribution in [0.4, 0.5) is 10.5 Å². The molecule has 0 saturated carbocycles. The van der Waals surface area contributed by atoms with Crippen LogP contribution in [-0.2, 0) is 4.79 Å². The van der Waals surface area contributed by atoms with E-state index in [1.54, 1.807) is 4.90 Å². The molecule has 2 rings (SSSR count). The molecule has 1 atom stereocenters. The summed E-state index contributed by atoms with van der Waals surface area (Å²) < 4.78 is 0. The second-order valence-corrected chi connectivity index (χ2v) is 5.83. The number of anilines is 1. The molecule has 5 nitrogen and oxygen atoms in total. The SMILES string of the molecule is CC(C)c1cccc(NC(=O)N2CCCC(C(=O)O)C2)c1. The van der Waals surface area contributed by atoms with Crippen LogP contribution >= 0.6 is 0 Å². The number of hydrogen-bond acceptors (Lipinski definition) is 2. The van der Waals surface area contributed by atoms with Gasteiger partial charge in [0.1, 0.15) is 0 Å². The van der Waals surface area contributed by atoms with Crippen molar-refractivity contribution in [1.29, 1.82) is 0 Å². The molecule has 0 bridgehead atoms. The third kappa shape index (κ3) is 3.97. The zero-order valence-corrected chi connectivity index (χ0v) is 12.5. The third-order valence-corrected chi connectivity index (χ3v) is 3.86. The van der Waals surface area contributed by atoms with Gasteiger partial charge in [-0.15, -0.1) is 0 Å². The molecule has 1 saturated heterocycles. The molecule has 1 aromatic carbocycles. The number of piperidine rings is 1. The first-order valence-corrected chi connectivity index (χ1v) is 7.36. The molecule has 1 aromatic rings. The van der Waals surface area contributed by atoms with Gasteiger partial charge >= 0.3 is 12.0 Å². The number of amides is 2. The first-order chi connectivity index (χ1) is 9.97. The van der Waals surface area contributed by atoms with E-state index in [0.717, 1.165) is 17.7 Å². The lowest BCUT2D eigenvalue weighted by Crippen LogP contribution is -2.44. The van der Waals surface area contributed by atoms with Crippen LogP contribution in [0.5, 0.6) is 0 Å². The van der Waals surface area contributed by atoms with Crippen molar-refractivity contribution in [3.63, 3.8) is 0 Å². The average Bonchev–Trinajstić information content (AvgIpc) is 2.47. The molecule has 0 spiro atoms. The summed E-state index contributed by atoms with van der Waals surface area (Å²) in [4.78, 5) is 24.9. The number of urea groups is 1. The average molecular weight is 290 g/mol. The third-order valence-electron chi connectivity index (χ3n) is 3.86. The van der Waals surface area contributed by atoms with Crippen LogP contribution < -0.4 is 5.32 Å². The lowest BCUT2D eigenvalue weighted by Gasteiger charge is -2.30. The highest BCUT2D eigenvalue weighted by molar-refractivity contribution is 5.89. The Hall–Kier alpha value is -2.04. The van der Waals surface area contributed by atoms with Crippen molar-refractivity contribution in [3.8, 4) is 0 Å². The summed E-state index contributed by atoms with van der Waals surface area (Å²) >= 11 is 0. The van der Waals surface area contributed by atoms with Crippen LogP contribution in [-0.4, -0.2) is 35.1 Å². The van der Waals surface area contributed by atoms with E-state index in [0.29, 0.717) is 18.9 Å². The molecule has 0 aliphatic carbocycles. The maximum atomic E-state index is 12.2. The zero-order chi connectivity index (χ0) is 15.4. The molecule has 0 radical (unpaired) electrons. The van der Waals surface area contributed by atoms with Gasteiger partial charge in [-0.05, 0) is 36.5 Å². The highest BCUT2D eigenvalue weighted by Gasteiger charge is 2.28. The van der Waals surface area contributed by atoms with Crippen LogP contribution in [0, 0.1) is 5.92 Å². The Balaban J connectivity index is 2.01. The molecule has 1 heterocycles. The fourth-order valence-corrected chi connectivity index (χ4v) is 2.54. The summed E-state index contributed by atoms with van der Waals surface area (Å²) in [6.07, 6.45) is 1.37. The Morgan fingerprint density at radius 1 is 1.38 bits per heavy atom. The first-order valence-electron chi connectivity index (χ1n) is 7.36. The van der Waals surface area contributed by atoms with Gasteiger partial charge in [0.05, 0.1) is 5.92 Å². The van der Waals surface area contributed by atoms with E-state index in [-0.39, 0.29) is 12.6 Å². The molecule has 114 valence electrons. The number of carboxylic acids is 1. The molecule has 1 fully saturated rings. The van der Waals surface area contributed by atoms with Gasteiger partial charge in [-0.1, -0.05) is 26.0 Å². The number of rotatable bonds is 3. The Morgan fingerprint density at radius 3 is 2.81 bits per heavy atom. The second kappa shape index (κ2) is 6.61. The topological polar surface area (TPSA) is 69.6 Å². The maximum absolute atomic E-state index is 12.2. The number of benzene rings is 1. The molecular formula is C16H22N2O3. The smallest absolute Gasteiger partial charge is 0.321 e. The zero-order valence-electron chi connectivity index (χ0n) is 12.5. The number of likely N-dealkylation sites (tertiary alicyclic amines) is 1. The predicted molar refractivity (Wildman–Crippen MR) is 81.5 cm³/mol. The van der Waals surface area contributed by atoms with E-state index in [9.17, 15) is 9.59 Å². The van der Waals surface area contributed by atoms with E-state index >= 15 is 0 Å². The summed E-state index contributed by atoms with van der Waals surface area (Å²) in [6.45, 7) is 5.09. The molecule has 2 amide bonds. The summed E-state index contributed by atoms with van der Waals surface area (Å²) in [6, 6.07) is 7.54. The molecule has 1 aliphatic heterocycles. The Kier molecular flexibility index (Phi) is 4.83. The van der Waals surface area contributed by atoms with Crippen LogP contribution in [0.2, 0.25) is 0 Å². The minimum Gasteiger partial charge on any atom is -0.481 e. The second-order valence-electron chi connectivity index (χ2n) is 5.83. The number of carbonyl (C=O) groups excluding carboxylic acids is 1. The van der Waals surface area contributed by atoms with Crippen LogP contribution in [0.15, 0.2) is 24.3 Å². The summed E-state index contributed by atoms with van der Waals surface area (Å²) in [5.41, 5.74) is 1.92. The van der Waals surface area contributed by atoms with Crippen LogP contribution in [0.25, 0.3) is 0 Å². The van der Waals surface area contributed by atoms with E-state index in [2.05, 4.69) is 19.2 Å². The van der Waals surface area contributed by atoms with E-state index in [4.69, 9.17) is 5.11 Å². The van der Waals surface area contributed by atoms with Gasteiger partial charge in [0, 0.05) is 18.8 Å². The van der Waals surface area contributed by atoms with Crippen molar-refractivity contribution in [3.05, 3.63) is 29.8 Å². The molecule has 0 aromatic heterocycles. The predicted octanol–water partition coefficient (Wildman–Crippen LogP) is 3.14. The van der Waals surface area contributed by atoms with Gasteiger partial charge in [-0.3, -0.25) is 4.79 Å². The normalized spacial score (nSPS) is 18.6. The summed E-state index contributed by atoms with van der Waals surface area (Å²) in [5.74, 6) is -0.881. The number of carboxylic acid groups (broad SMARTS) is 1. The van der Waals surface area contributed by atoms with Crippen molar-refractivity contribution >= 4 is 17.7 Å². The number of carbonyl (C=O) groups is 2. The number of nitrogens with one attached hydrogen (secondary N) is 1. The Bertz CT molecular complexity index is 528. The van der Waals surface area contributed by atoms with Gasteiger partial charge in [0.2, 0.25) is 0 Å². The molecular weight excluding hydrogens is 268 g/mol. The molecule has 1 unspecified atom stereocenters. The molecule has 1 aliphatic rings. The van der Waals surface area contributed by atoms with Gasteiger partial charge in [0.15, 0.2) is 0 Å². The molecule has 21 heavy (non-hydrogen) atoms. The van der Waals surface area contributed by atoms with E-state index in [1.807, 2.05) is 24.3 Å². The molecule has 2 N–H and O–H groups in total. The van der Waals surface area contributed by atoms with Crippen molar-refractivity contribution in [1.82, 2.24) is 4.90 Å². The Labute approximate surface area is 125 Å². The van der Waals surface area contributed by atoms with Crippen LogP contribution in [0.1, 0.15) is 38.2 Å². The highest BCUT2D eigenvalue weighted by Crippen LogP contribution is 2.20. The van der Waals surface area contributed by atoms with E-state index < -0.39 is 11.9 Å². The van der Waals surface area contributed by atoms with Crippen molar-refractivity contribution < 1.29 is 14.7 Å². The lowest BCUT2D eigenvalue weighted by molar-refractivity contribution is -0.143. The summed E-state index contributed by atoms with van der Waals surface area (Å²) in [7, 11) is 0. The number of aliphatic carboxylic acids is 1. The number of hydrogen-bond donors (Lipinski definition) is 2. The van der Waals surface area contributed by atoms with Crippen molar-refractivity contribution in [2.24, 2.45) is 5.92 Å². The Morgan fingerprint density at radius 2 is 2.14 bits per heavy atom. The van der Waals surface area contributed by atoms with E-state index in [1.165, 1.54) is 0 Å². The highest BCUT2D eigenvalue weighted by atomic mass is 16.4. The molecule has 5 heteroatoms. The monoisotopic (exact) mass is 290 g/mol. The van der Waals surface area contributed by atoms with Gasteiger partial charge < -0.3 is 15.3 Å². The lowest BCUT2D eigenvalue weighted by atomic mass is 9.99. The minimum absolute atomic E-state index is 0.221. The summed E-state index contributed by atoms with van der Waals surface area (Å²) in [5, 5.41) is 11.9. The van der Waals surface area contributed by atoms with Gasteiger partial charge in [-0.2, -0.15) is 0 Å². The fraction of sp³-hybridized carbons (Fsp3) is 0.500. The van der Waals surface area contributed by atoms with Crippen molar-refractivity contribution in [2.45, 2.75) is 32.6 Å². The minimum atomic E-state index is -0.825. The quantitative estimate of drug-likeness (QED) is 0.898. The standard InChI is InChI=1S/C16H22N2O3/c1-11(2)12-5-3-7-14(9-12)17-16(21)18-8-4-6-13(10-18)15(19)20/h3,5,7,9,11,13H,4,6,8,10H2,1-2H3,(H,17,21)(H,19,20). The number of nitrogens with zero attached hydrogens (tertiary/aromatic N) is 1. The van der Waals surface area contributed by atoms with Gasteiger partial charge in [0.25, 0.3) is 0 Å². The maximum Gasteiger partial charge on any atom is 0.321 e. The largest absolute Gasteiger partial charge is 0.481 e. The van der Waals surface area contributed by atoms with Gasteiger partial charge in [-0.25, -0.2) is 4.79 Å².